The Labute approximate surface area is 125 Å². The predicted octanol–water partition coefficient (Wildman–Crippen LogP) is -0.0497. The number of carbonyl (C=O) groups is 1. The van der Waals surface area contributed by atoms with Crippen molar-refractivity contribution < 1.29 is 13.2 Å². The van der Waals surface area contributed by atoms with Gasteiger partial charge in [0.25, 0.3) is 16.1 Å². The van der Waals surface area contributed by atoms with Gasteiger partial charge in [0.15, 0.2) is 0 Å². The molecule has 0 bridgehead atoms. The second-order valence-corrected chi connectivity index (χ2v) is 6.60. The maximum atomic E-state index is 12.3. The molecular weight excluding hydrogens is 292 g/mol. The molecule has 0 atom stereocenters. The van der Waals surface area contributed by atoms with Crippen molar-refractivity contribution >= 4 is 21.8 Å². The van der Waals surface area contributed by atoms with E-state index >= 15 is 0 Å². The van der Waals surface area contributed by atoms with Crippen LogP contribution >= 0.6 is 0 Å². The average Bonchev–Trinajstić information content (AvgIpc) is 2.48. The van der Waals surface area contributed by atoms with Crippen LogP contribution < -0.4 is 9.44 Å². The predicted molar refractivity (Wildman–Crippen MR) is 81.4 cm³/mol. The minimum Gasteiger partial charge on any atom is -0.336 e. The van der Waals surface area contributed by atoms with Gasteiger partial charge < -0.3 is 9.80 Å². The van der Waals surface area contributed by atoms with E-state index in [-0.39, 0.29) is 5.91 Å². The Hall–Kier alpha value is -1.64. The minimum absolute atomic E-state index is 0.0221. The van der Waals surface area contributed by atoms with Gasteiger partial charge in [-0.3, -0.25) is 9.52 Å². The first-order chi connectivity index (χ1) is 9.91. The molecule has 0 spiro atoms. The van der Waals surface area contributed by atoms with Crippen LogP contribution in [0.25, 0.3) is 0 Å². The summed E-state index contributed by atoms with van der Waals surface area (Å²) in [4.78, 5) is 16.3. The fourth-order valence-electron chi connectivity index (χ4n) is 2.08. The zero-order valence-electron chi connectivity index (χ0n) is 12.2. The largest absolute Gasteiger partial charge is 0.336 e. The van der Waals surface area contributed by atoms with Crippen LogP contribution in [0.2, 0.25) is 0 Å². The molecule has 1 amide bonds. The molecule has 2 N–H and O–H groups in total. The molecule has 116 valence electrons. The fraction of sp³-hybridized carbons (Fsp3) is 0.462. The van der Waals surface area contributed by atoms with Gasteiger partial charge >= 0.3 is 0 Å². The fourth-order valence-corrected chi connectivity index (χ4v) is 2.63. The molecule has 8 heteroatoms. The van der Waals surface area contributed by atoms with Gasteiger partial charge in [0, 0.05) is 44.5 Å². The van der Waals surface area contributed by atoms with E-state index in [0.29, 0.717) is 24.3 Å². The van der Waals surface area contributed by atoms with Crippen LogP contribution in [0, 0.1) is 0 Å². The Kier molecular flexibility index (Phi) is 4.81. The number of rotatable bonds is 4. The van der Waals surface area contributed by atoms with E-state index in [0.717, 1.165) is 13.1 Å². The summed E-state index contributed by atoms with van der Waals surface area (Å²) in [5, 5.41) is 0. The van der Waals surface area contributed by atoms with Crippen molar-refractivity contribution in [3.05, 3.63) is 29.8 Å². The number of nitrogens with one attached hydrogen (secondary N) is 2. The van der Waals surface area contributed by atoms with Crippen LogP contribution in [-0.4, -0.2) is 64.4 Å². The second-order valence-electron chi connectivity index (χ2n) is 4.98. The lowest BCUT2D eigenvalue weighted by Crippen LogP contribution is -2.47. The first kappa shape index (κ1) is 15.7. The highest BCUT2D eigenvalue weighted by atomic mass is 32.2. The van der Waals surface area contributed by atoms with Crippen LogP contribution in [0.15, 0.2) is 24.3 Å². The van der Waals surface area contributed by atoms with Crippen molar-refractivity contribution in [3.63, 3.8) is 0 Å². The third kappa shape index (κ3) is 4.16. The zero-order valence-corrected chi connectivity index (χ0v) is 13.0. The molecule has 2 rings (SSSR count). The number of nitrogens with zero attached hydrogens (tertiary/aromatic N) is 2. The van der Waals surface area contributed by atoms with E-state index < -0.39 is 10.2 Å². The molecule has 1 heterocycles. The first-order valence-corrected chi connectivity index (χ1v) is 8.19. The first-order valence-electron chi connectivity index (χ1n) is 6.70. The number of amides is 1. The Bertz CT molecular complexity index is 592. The van der Waals surface area contributed by atoms with E-state index in [9.17, 15) is 13.2 Å². The van der Waals surface area contributed by atoms with Crippen LogP contribution in [-0.2, 0) is 10.2 Å². The van der Waals surface area contributed by atoms with Crippen LogP contribution in [0.1, 0.15) is 10.4 Å². The lowest BCUT2D eigenvalue weighted by atomic mass is 10.1. The summed E-state index contributed by atoms with van der Waals surface area (Å²) in [6.07, 6.45) is 0. The van der Waals surface area contributed by atoms with Crippen LogP contribution in [0.3, 0.4) is 0 Å². The number of carbonyl (C=O) groups excluding carboxylic acids is 1. The van der Waals surface area contributed by atoms with E-state index in [4.69, 9.17) is 0 Å². The summed E-state index contributed by atoms with van der Waals surface area (Å²) in [6, 6.07) is 6.43. The Balaban J connectivity index is 2.03. The van der Waals surface area contributed by atoms with Crippen molar-refractivity contribution in [1.82, 2.24) is 14.5 Å². The van der Waals surface area contributed by atoms with Gasteiger partial charge in [0.05, 0.1) is 0 Å². The highest BCUT2D eigenvalue weighted by Crippen LogP contribution is 2.13. The van der Waals surface area contributed by atoms with Gasteiger partial charge in [0.1, 0.15) is 0 Å². The SMILES string of the molecule is CNS(=O)(=O)Nc1ccc(C(=O)N2CCN(C)CC2)cc1. The van der Waals surface area contributed by atoms with Crippen LogP contribution in [0.5, 0.6) is 0 Å². The maximum Gasteiger partial charge on any atom is 0.298 e. The van der Waals surface area contributed by atoms with Crippen molar-refractivity contribution in [2.24, 2.45) is 0 Å². The molecule has 1 saturated heterocycles. The normalized spacial score (nSPS) is 16.8. The molecule has 0 radical (unpaired) electrons. The maximum absolute atomic E-state index is 12.3. The van der Waals surface area contributed by atoms with Crippen LogP contribution in [0.4, 0.5) is 5.69 Å². The minimum atomic E-state index is -3.53. The number of likely N-dealkylation sites (N-methyl/N-ethyl adjacent to an activating group) is 1. The van der Waals surface area contributed by atoms with Gasteiger partial charge in [-0.1, -0.05) is 0 Å². The molecule has 1 aromatic rings. The summed E-state index contributed by atoms with van der Waals surface area (Å²) < 4.78 is 27.2. The van der Waals surface area contributed by atoms with Crippen molar-refractivity contribution in [2.45, 2.75) is 0 Å². The van der Waals surface area contributed by atoms with E-state index in [1.807, 2.05) is 11.9 Å². The summed E-state index contributed by atoms with van der Waals surface area (Å²) in [5.74, 6) is -0.0221. The molecule has 21 heavy (non-hydrogen) atoms. The van der Waals surface area contributed by atoms with Gasteiger partial charge in [0.2, 0.25) is 0 Å². The van der Waals surface area contributed by atoms with Gasteiger partial charge in [-0.2, -0.15) is 8.42 Å². The number of piperazine rings is 1. The Morgan fingerprint density at radius 3 is 2.19 bits per heavy atom. The summed E-state index contributed by atoms with van der Waals surface area (Å²) >= 11 is 0. The average molecular weight is 312 g/mol. The highest BCUT2D eigenvalue weighted by molar-refractivity contribution is 7.90. The number of anilines is 1. The van der Waals surface area contributed by atoms with Gasteiger partial charge in [-0.25, -0.2) is 4.72 Å². The second kappa shape index (κ2) is 6.42. The van der Waals surface area contributed by atoms with Gasteiger partial charge in [-0.15, -0.1) is 0 Å². The molecule has 7 nitrogen and oxygen atoms in total. The molecule has 0 aromatic heterocycles. The monoisotopic (exact) mass is 312 g/mol. The molecular formula is C13H20N4O3S. The zero-order chi connectivity index (χ0) is 15.5. The third-order valence-corrected chi connectivity index (χ3v) is 4.49. The number of benzene rings is 1. The summed E-state index contributed by atoms with van der Waals surface area (Å²) in [5.41, 5.74) is 0.978. The number of hydrogen-bond acceptors (Lipinski definition) is 4. The van der Waals surface area contributed by atoms with E-state index in [2.05, 4.69) is 14.3 Å². The number of hydrogen-bond donors (Lipinski definition) is 2. The molecule has 1 aliphatic heterocycles. The quantitative estimate of drug-likeness (QED) is 0.817. The van der Waals surface area contributed by atoms with E-state index in [1.165, 1.54) is 7.05 Å². The molecule has 0 unspecified atom stereocenters. The molecule has 1 aliphatic rings. The summed E-state index contributed by atoms with van der Waals surface area (Å²) in [6.45, 7) is 3.16. The van der Waals surface area contributed by atoms with Crippen molar-refractivity contribution in [1.29, 1.82) is 0 Å². The summed E-state index contributed by atoms with van der Waals surface area (Å²) in [7, 11) is -0.174. The molecule has 1 aromatic carbocycles. The highest BCUT2D eigenvalue weighted by Gasteiger charge is 2.20. The van der Waals surface area contributed by atoms with Crippen molar-refractivity contribution in [2.75, 3.05) is 45.0 Å². The standard InChI is InChI=1S/C13H20N4O3S/c1-14-21(19,20)15-12-5-3-11(4-6-12)13(18)17-9-7-16(2)8-10-17/h3-6,14-15H,7-10H2,1-2H3. The van der Waals surface area contributed by atoms with Gasteiger partial charge in [-0.05, 0) is 31.3 Å². The topological polar surface area (TPSA) is 81.8 Å². The smallest absolute Gasteiger partial charge is 0.298 e. The lowest BCUT2D eigenvalue weighted by molar-refractivity contribution is 0.0664. The molecule has 0 saturated carbocycles. The lowest BCUT2D eigenvalue weighted by Gasteiger charge is -2.32. The Morgan fingerprint density at radius 2 is 1.67 bits per heavy atom. The molecule has 0 aliphatic carbocycles. The third-order valence-electron chi connectivity index (χ3n) is 3.44. The van der Waals surface area contributed by atoms with E-state index in [1.54, 1.807) is 24.3 Å². The Morgan fingerprint density at radius 1 is 1.10 bits per heavy atom. The molecule has 1 fully saturated rings. The van der Waals surface area contributed by atoms with Crippen molar-refractivity contribution in [3.8, 4) is 0 Å².